The Balaban J connectivity index is 1.77. The molecule has 2 aromatic heterocycles. The number of rotatable bonds is 5. The van der Waals surface area contributed by atoms with Gasteiger partial charge in [-0.05, 0) is 47.2 Å². The van der Waals surface area contributed by atoms with Crippen molar-refractivity contribution in [3.05, 3.63) is 84.1 Å². The van der Waals surface area contributed by atoms with Crippen LogP contribution in [0.1, 0.15) is 31.0 Å². The molecular formula is C23H21FN4. The molecule has 4 rings (SSSR count). The molecule has 0 fully saturated rings. The summed E-state index contributed by atoms with van der Waals surface area (Å²) in [6, 6.07) is 16.7. The molecule has 0 unspecified atom stereocenters. The summed E-state index contributed by atoms with van der Waals surface area (Å²) in [4.78, 5) is 13.4. The second-order valence-corrected chi connectivity index (χ2v) is 7.01. The van der Waals surface area contributed by atoms with Gasteiger partial charge >= 0.3 is 0 Å². The topological polar surface area (TPSA) is 50.7 Å². The van der Waals surface area contributed by atoms with Crippen LogP contribution in [0, 0.1) is 5.82 Å². The van der Waals surface area contributed by atoms with Crippen molar-refractivity contribution in [2.45, 2.75) is 26.3 Å². The van der Waals surface area contributed by atoms with Crippen molar-refractivity contribution in [3.63, 3.8) is 0 Å². The maximum Gasteiger partial charge on any atom is 0.223 e. The smallest absolute Gasteiger partial charge is 0.223 e. The van der Waals surface area contributed by atoms with Crippen LogP contribution in [0.4, 0.5) is 10.3 Å². The number of halogens is 1. The average molecular weight is 372 g/mol. The summed E-state index contributed by atoms with van der Waals surface area (Å²) in [5, 5.41) is 4.74. The number of hydrogen-bond donors (Lipinski definition) is 1. The van der Waals surface area contributed by atoms with Gasteiger partial charge in [0.05, 0.1) is 5.69 Å². The molecule has 0 saturated carbocycles. The molecule has 4 nitrogen and oxygen atoms in total. The van der Waals surface area contributed by atoms with Crippen molar-refractivity contribution in [1.29, 1.82) is 0 Å². The predicted octanol–water partition coefficient (Wildman–Crippen LogP) is 5.57. The van der Waals surface area contributed by atoms with Crippen LogP contribution >= 0.6 is 0 Å². The lowest BCUT2D eigenvalue weighted by Crippen LogP contribution is -2.07. The highest BCUT2D eigenvalue weighted by molar-refractivity contribution is 5.96. The van der Waals surface area contributed by atoms with E-state index in [-0.39, 0.29) is 11.7 Å². The second kappa shape index (κ2) is 7.72. The van der Waals surface area contributed by atoms with Gasteiger partial charge in [-0.3, -0.25) is 4.98 Å². The van der Waals surface area contributed by atoms with Crippen molar-refractivity contribution in [1.82, 2.24) is 15.0 Å². The molecule has 0 amide bonds. The van der Waals surface area contributed by atoms with Gasteiger partial charge in [-0.25, -0.2) is 14.4 Å². The summed E-state index contributed by atoms with van der Waals surface area (Å²) in [6.07, 6.45) is 3.52. The molecule has 4 aromatic rings. The number of aromatic nitrogens is 3. The molecule has 0 bridgehead atoms. The predicted molar refractivity (Wildman–Crippen MR) is 111 cm³/mol. The largest absolute Gasteiger partial charge is 0.350 e. The molecule has 0 radical (unpaired) electrons. The van der Waals surface area contributed by atoms with E-state index in [1.54, 1.807) is 24.5 Å². The van der Waals surface area contributed by atoms with E-state index in [4.69, 9.17) is 4.98 Å². The maximum atomic E-state index is 14.2. The molecule has 0 atom stereocenters. The van der Waals surface area contributed by atoms with E-state index in [0.717, 1.165) is 27.9 Å². The minimum atomic E-state index is -0.228. The molecule has 0 aliphatic heterocycles. The first-order chi connectivity index (χ1) is 13.6. The zero-order valence-corrected chi connectivity index (χ0v) is 15.9. The third-order valence-electron chi connectivity index (χ3n) is 4.68. The lowest BCUT2D eigenvalue weighted by molar-refractivity contribution is 0.640. The Hall–Kier alpha value is -3.34. The Morgan fingerprint density at radius 2 is 1.68 bits per heavy atom. The Morgan fingerprint density at radius 3 is 2.43 bits per heavy atom. The maximum absolute atomic E-state index is 14.2. The highest BCUT2D eigenvalue weighted by atomic mass is 19.1. The summed E-state index contributed by atoms with van der Waals surface area (Å²) >= 11 is 0. The summed E-state index contributed by atoms with van der Waals surface area (Å²) < 4.78 is 14.2. The van der Waals surface area contributed by atoms with Gasteiger partial charge in [0.2, 0.25) is 5.95 Å². The first kappa shape index (κ1) is 18.0. The van der Waals surface area contributed by atoms with Crippen LogP contribution < -0.4 is 5.32 Å². The van der Waals surface area contributed by atoms with Gasteiger partial charge in [0, 0.05) is 35.6 Å². The van der Waals surface area contributed by atoms with E-state index >= 15 is 0 Å². The van der Waals surface area contributed by atoms with Gasteiger partial charge in [0.1, 0.15) is 5.82 Å². The first-order valence-electron chi connectivity index (χ1n) is 9.31. The Labute approximate surface area is 163 Å². The van der Waals surface area contributed by atoms with Crippen LogP contribution in [0.3, 0.4) is 0 Å². The van der Waals surface area contributed by atoms with Gasteiger partial charge in [0.25, 0.3) is 0 Å². The van der Waals surface area contributed by atoms with Crippen molar-refractivity contribution >= 4 is 16.7 Å². The fourth-order valence-corrected chi connectivity index (χ4v) is 3.15. The van der Waals surface area contributed by atoms with Gasteiger partial charge in [-0.2, -0.15) is 0 Å². The molecule has 0 aliphatic rings. The Bertz CT molecular complexity index is 1110. The average Bonchev–Trinajstić information content (AvgIpc) is 2.73. The van der Waals surface area contributed by atoms with Gasteiger partial charge in [-0.1, -0.05) is 38.1 Å². The number of nitrogens with zero attached hydrogens (tertiary/aromatic N) is 3. The van der Waals surface area contributed by atoms with Crippen LogP contribution in [-0.2, 0) is 6.54 Å². The molecule has 28 heavy (non-hydrogen) atoms. The Morgan fingerprint density at radius 1 is 0.929 bits per heavy atom. The van der Waals surface area contributed by atoms with Crippen molar-refractivity contribution in [2.75, 3.05) is 5.32 Å². The fraction of sp³-hybridized carbons (Fsp3) is 0.174. The van der Waals surface area contributed by atoms with Crippen molar-refractivity contribution in [2.24, 2.45) is 0 Å². The SMILES string of the molecule is CC(C)c1cc(-c2ccc(F)c3ccccc23)nc(NCc2ccncc2)n1. The quantitative estimate of drug-likeness (QED) is 0.498. The fourth-order valence-electron chi connectivity index (χ4n) is 3.15. The molecule has 0 saturated heterocycles. The van der Waals surface area contributed by atoms with E-state index < -0.39 is 0 Å². The first-order valence-corrected chi connectivity index (χ1v) is 9.31. The van der Waals surface area contributed by atoms with E-state index in [0.29, 0.717) is 17.9 Å². The summed E-state index contributed by atoms with van der Waals surface area (Å²) in [5.74, 6) is 0.579. The molecular weight excluding hydrogens is 351 g/mol. The van der Waals surface area contributed by atoms with Crippen LogP contribution in [0.2, 0.25) is 0 Å². The number of anilines is 1. The molecule has 1 N–H and O–H groups in total. The number of pyridine rings is 1. The molecule has 140 valence electrons. The zero-order chi connectivity index (χ0) is 19.5. The van der Waals surface area contributed by atoms with E-state index in [2.05, 4.69) is 29.1 Å². The monoisotopic (exact) mass is 372 g/mol. The summed E-state index contributed by atoms with van der Waals surface area (Å²) in [7, 11) is 0. The number of benzene rings is 2. The highest BCUT2D eigenvalue weighted by Gasteiger charge is 2.13. The van der Waals surface area contributed by atoms with Crippen molar-refractivity contribution < 1.29 is 4.39 Å². The van der Waals surface area contributed by atoms with E-state index in [1.807, 2.05) is 36.4 Å². The third-order valence-corrected chi connectivity index (χ3v) is 4.68. The van der Waals surface area contributed by atoms with E-state index in [1.165, 1.54) is 6.07 Å². The van der Waals surface area contributed by atoms with E-state index in [9.17, 15) is 4.39 Å². The third kappa shape index (κ3) is 3.69. The minimum absolute atomic E-state index is 0.228. The standard InChI is InChI=1S/C23H21FN4/c1-15(2)21-13-22(19-7-8-20(24)18-6-4-3-5-17(18)19)28-23(27-21)26-14-16-9-11-25-12-10-16/h3-13,15H,14H2,1-2H3,(H,26,27,28). The Kier molecular flexibility index (Phi) is 4.98. The van der Waals surface area contributed by atoms with Gasteiger partial charge in [-0.15, -0.1) is 0 Å². The minimum Gasteiger partial charge on any atom is -0.350 e. The molecule has 2 heterocycles. The van der Waals surface area contributed by atoms with Crippen LogP contribution in [0.15, 0.2) is 67.0 Å². The van der Waals surface area contributed by atoms with Crippen molar-refractivity contribution in [3.8, 4) is 11.3 Å². The number of fused-ring (bicyclic) bond motifs is 1. The lowest BCUT2D eigenvalue weighted by atomic mass is 10.00. The second-order valence-electron chi connectivity index (χ2n) is 7.01. The van der Waals surface area contributed by atoms with Crippen LogP contribution in [-0.4, -0.2) is 15.0 Å². The molecule has 5 heteroatoms. The summed E-state index contributed by atoms with van der Waals surface area (Å²) in [6.45, 7) is 4.80. The van der Waals surface area contributed by atoms with Gasteiger partial charge < -0.3 is 5.32 Å². The van der Waals surface area contributed by atoms with Crippen LogP contribution in [0.25, 0.3) is 22.0 Å². The number of nitrogens with one attached hydrogen (secondary N) is 1. The molecule has 0 aliphatic carbocycles. The number of hydrogen-bond acceptors (Lipinski definition) is 4. The highest BCUT2D eigenvalue weighted by Crippen LogP contribution is 2.31. The normalized spacial score (nSPS) is 11.1. The lowest BCUT2D eigenvalue weighted by Gasteiger charge is -2.13. The molecule has 2 aromatic carbocycles. The van der Waals surface area contributed by atoms with Crippen LogP contribution in [0.5, 0.6) is 0 Å². The van der Waals surface area contributed by atoms with Gasteiger partial charge in [0.15, 0.2) is 0 Å². The summed E-state index contributed by atoms with van der Waals surface area (Å²) in [5.41, 5.74) is 3.72. The molecule has 0 spiro atoms. The zero-order valence-electron chi connectivity index (χ0n) is 15.9.